The van der Waals surface area contributed by atoms with Crippen LogP contribution in [0.25, 0.3) is 0 Å². The van der Waals surface area contributed by atoms with Crippen LogP contribution >= 0.6 is 11.6 Å². The normalized spacial score (nSPS) is 17.4. The van der Waals surface area contributed by atoms with Crippen molar-refractivity contribution in [1.82, 2.24) is 4.31 Å². The molecule has 1 atom stereocenters. The van der Waals surface area contributed by atoms with Gasteiger partial charge < -0.3 is 10.1 Å². The molecule has 2 aromatic rings. The number of aryl methyl sites for hydroxylation is 2. The van der Waals surface area contributed by atoms with Crippen molar-refractivity contribution < 1.29 is 17.9 Å². The van der Waals surface area contributed by atoms with E-state index < -0.39 is 15.9 Å². The van der Waals surface area contributed by atoms with Crippen LogP contribution in [-0.4, -0.2) is 38.3 Å². The molecular formula is C23H29ClN2O4S. The highest BCUT2D eigenvalue weighted by Crippen LogP contribution is 2.31. The first-order valence-corrected chi connectivity index (χ1v) is 12.4. The van der Waals surface area contributed by atoms with E-state index in [4.69, 9.17) is 16.3 Å². The lowest BCUT2D eigenvalue weighted by molar-refractivity contribution is -0.120. The van der Waals surface area contributed by atoms with Crippen molar-refractivity contribution in [2.24, 2.45) is 5.92 Å². The summed E-state index contributed by atoms with van der Waals surface area (Å²) in [6.45, 7) is 6.80. The van der Waals surface area contributed by atoms with E-state index in [-0.39, 0.29) is 22.4 Å². The van der Waals surface area contributed by atoms with Crippen LogP contribution in [0.5, 0.6) is 5.75 Å². The van der Waals surface area contributed by atoms with Crippen LogP contribution in [0, 0.1) is 12.8 Å². The largest absolute Gasteiger partial charge is 0.492 e. The highest BCUT2D eigenvalue weighted by atomic mass is 35.5. The number of nitrogens with zero attached hydrogens (tertiary/aromatic N) is 1. The number of para-hydroxylation sites is 1. The monoisotopic (exact) mass is 464 g/mol. The molecule has 0 saturated carbocycles. The number of rotatable bonds is 7. The van der Waals surface area contributed by atoms with Crippen molar-refractivity contribution in [3.05, 3.63) is 52.5 Å². The van der Waals surface area contributed by atoms with E-state index in [2.05, 4.69) is 5.32 Å². The molecule has 1 heterocycles. The Labute approximate surface area is 189 Å². The zero-order valence-electron chi connectivity index (χ0n) is 18.2. The molecule has 0 radical (unpaired) electrons. The Morgan fingerprint density at radius 3 is 2.71 bits per heavy atom. The van der Waals surface area contributed by atoms with E-state index in [0.29, 0.717) is 31.7 Å². The number of hydrogen-bond donors (Lipinski definition) is 1. The number of anilines is 1. The Morgan fingerprint density at radius 1 is 1.26 bits per heavy atom. The number of carbonyl (C=O) groups is 1. The molecule has 0 bridgehead atoms. The first-order valence-electron chi connectivity index (χ1n) is 10.6. The van der Waals surface area contributed by atoms with Gasteiger partial charge in [0.1, 0.15) is 5.75 Å². The molecular weight excluding hydrogens is 436 g/mol. The Kier molecular flexibility index (Phi) is 7.62. The topological polar surface area (TPSA) is 75.7 Å². The van der Waals surface area contributed by atoms with Gasteiger partial charge in [-0.25, -0.2) is 8.42 Å². The zero-order chi connectivity index (χ0) is 22.6. The van der Waals surface area contributed by atoms with Crippen molar-refractivity contribution >= 4 is 33.2 Å². The molecule has 3 rings (SSSR count). The Balaban J connectivity index is 1.77. The maximum Gasteiger partial charge on any atom is 0.243 e. The molecule has 8 heteroatoms. The molecule has 1 amide bonds. The van der Waals surface area contributed by atoms with Crippen molar-refractivity contribution in [2.75, 3.05) is 25.0 Å². The maximum absolute atomic E-state index is 13.2. The molecule has 1 fully saturated rings. The summed E-state index contributed by atoms with van der Waals surface area (Å²) >= 11 is 6.19. The lowest BCUT2D eigenvalue weighted by Gasteiger charge is -2.31. The predicted molar refractivity (Wildman–Crippen MR) is 123 cm³/mol. The minimum Gasteiger partial charge on any atom is -0.492 e. The predicted octanol–water partition coefficient (Wildman–Crippen LogP) is 4.65. The summed E-state index contributed by atoms with van der Waals surface area (Å²) in [5.74, 6) is -0.108. The Bertz CT molecular complexity index is 1060. The second-order valence-electron chi connectivity index (χ2n) is 7.68. The van der Waals surface area contributed by atoms with E-state index in [1.54, 1.807) is 6.07 Å². The fraction of sp³-hybridized carbons (Fsp3) is 0.435. The quantitative estimate of drug-likeness (QED) is 0.647. The Hall–Kier alpha value is -2.09. The fourth-order valence-corrected chi connectivity index (χ4v) is 5.72. The van der Waals surface area contributed by atoms with Gasteiger partial charge in [0.15, 0.2) is 0 Å². The van der Waals surface area contributed by atoms with Crippen molar-refractivity contribution in [3.63, 3.8) is 0 Å². The van der Waals surface area contributed by atoms with Gasteiger partial charge in [0.2, 0.25) is 15.9 Å². The summed E-state index contributed by atoms with van der Waals surface area (Å²) in [5.41, 5.74) is 2.89. The number of hydrogen-bond acceptors (Lipinski definition) is 4. The molecule has 0 aromatic heterocycles. The number of carbonyl (C=O) groups excluding carboxylic acids is 1. The average molecular weight is 465 g/mol. The minimum atomic E-state index is -3.76. The maximum atomic E-state index is 13.2. The lowest BCUT2D eigenvalue weighted by atomic mass is 9.98. The summed E-state index contributed by atoms with van der Waals surface area (Å²) in [6, 6.07) is 10.4. The first kappa shape index (κ1) is 23.6. The summed E-state index contributed by atoms with van der Waals surface area (Å²) in [5, 5.41) is 3.29. The van der Waals surface area contributed by atoms with Gasteiger partial charge in [-0.15, -0.1) is 0 Å². The lowest BCUT2D eigenvalue weighted by Crippen LogP contribution is -2.43. The summed E-state index contributed by atoms with van der Waals surface area (Å²) in [7, 11) is -3.76. The van der Waals surface area contributed by atoms with Gasteiger partial charge in [-0.05, 0) is 62.4 Å². The van der Waals surface area contributed by atoms with Crippen LogP contribution in [0.4, 0.5) is 5.69 Å². The van der Waals surface area contributed by atoms with E-state index >= 15 is 0 Å². The fourth-order valence-electron chi connectivity index (χ4n) is 3.87. The average Bonchev–Trinajstić information content (AvgIpc) is 2.76. The van der Waals surface area contributed by atoms with E-state index in [1.807, 2.05) is 39.0 Å². The third-order valence-electron chi connectivity index (χ3n) is 5.58. The van der Waals surface area contributed by atoms with Gasteiger partial charge in [-0.3, -0.25) is 4.79 Å². The van der Waals surface area contributed by atoms with Gasteiger partial charge in [0.05, 0.1) is 22.4 Å². The second-order valence-corrected chi connectivity index (χ2v) is 10.0. The number of halogens is 1. The molecule has 1 aliphatic heterocycles. The smallest absolute Gasteiger partial charge is 0.243 e. The van der Waals surface area contributed by atoms with Crippen LogP contribution in [0.15, 0.2) is 41.3 Å². The van der Waals surface area contributed by atoms with E-state index in [9.17, 15) is 13.2 Å². The second kappa shape index (κ2) is 10.0. The first-order chi connectivity index (χ1) is 14.8. The molecule has 1 saturated heterocycles. The molecule has 6 nitrogen and oxygen atoms in total. The molecule has 2 aromatic carbocycles. The van der Waals surface area contributed by atoms with Crippen LogP contribution in [0.1, 0.15) is 37.8 Å². The third kappa shape index (κ3) is 5.22. The molecule has 31 heavy (non-hydrogen) atoms. The number of sulfonamides is 1. The number of nitrogens with one attached hydrogen (secondary N) is 1. The van der Waals surface area contributed by atoms with Crippen LogP contribution in [0.3, 0.4) is 0 Å². The highest BCUT2D eigenvalue weighted by molar-refractivity contribution is 7.89. The van der Waals surface area contributed by atoms with E-state index in [1.165, 1.54) is 16.4 Å². The van der Waals surface area contributed by atoms with Crippen molar-refractivity contribution in [3.8, 4) is 5.75 Å². The van der Waals surface area contributed by atoms with Gasteiger partial charge in [0, 0.05) is 18.8 Å². The zero-order valence-corrected chi connectivity index (χ0v) is 19.7. The third-order valence-corrected chi connectivity index (χ3v) is 7.74. The highest BCUT2D eigenvalue weighted by Gasteiger charge is 2.34. The molecule has 1 N–H and O–H groups in total. The van der Waals surface area contributed by atoms with Crippen LogP contribution < -0.4 is 10.1 Å². The van der Waals surface area contributed by atoms with E-state index in [0.717, 1.165) is 23.2 Å². The van der Waals surface area contributed by atoms with Crippen molar-refractivity contribution in [2.45, 2.75) is 44.9 Å². The number of piperidine rings is 1. The van der Waals surface area contributed by atoms with Gasteiger partial charge >= 0.3 is 0 Å². The van der Waals surface area contributed by atoms with Gasteiger partial charge in [0.25, 0.3) is 0 Å². The minimum absolute atomic E-state index is 0.106. The number of amides is 1. The van der Waals surface area contributed by atoms with Crippen LogP contribution in [-0.2, 0) is 21.2 Å². The summed E-state index contributed by atoms with van der Waals surface area (Å²) < 4.78 is 33.1. The Morgan fingerprint density at radius 2 is 2.03 bits per heavy atom. The molecule has 1 aliphatic rings. The van der Waals surface area contributed by atoms with Crippen molar-refractivity contribution in [1.29, 1.82) is 0 Å². The molecule has 0 spiro atoms. The summed E-state index contributed by atoms with van der Waals surface area (Å²) in [4.78, 5) is 13.1. The summed E-state index contributed by atoms with van der Waals surface area (Å²) in [6.07, 6.45) is 2.08. The number of benzene rings is 2. The standard InChI is InChI=1S/C23H29ClN2O4S/c1-4-17-9-6-8-16(3)22(17)25-23(27)18-10-7-13-26(15-18)31(28,29)19-11-12-21(30-5-2)20(24)14-19/h6,8-9,11-12,14,18H,4-5,7,10,13,15H2,1-3H3,(H,25,27)/t18-/m1/s1. The molecule has 0 aliphatic carbocycles. The van der Waals surface area contributed by atoms with Gasteiger partial charge in [-0.1, -0.05) is 36.7 Å². The molecule has 0 unspecified atom stereocenters. The number of ether oxygens (including phenoxy) is 1. The SMILES string of the molecule is CCOc1ccc(S(=O)(=O)N2CCC[C@@H](C(=O)Nc3c(C)cccc3CC)C2)cc1Cl. The van der Waals surface area contributed by atoms with Crippen LogP contribution in [0.2, 0.25) is 5.02 Å². The molecule has 168 valence electrons. The van der Waals surface area contributed by atoms with Gasteiger partial charge in [-0.2, -0.15) is 4.31 Å².